The zero-order valence-electron chi connectivity index (χ0n) is 11.0. The number of aliphatic hydroxyl groups excluding tert-OH is 1. The van der Waals surface area contributed by atoms with Crippen molar-refractivity contribution >= 4 is 11.9 Å². The maximum Gasteiger partial charge on any atom is 0.339 e. The molecule has 19 heavy (non-hydrogen) atoms. The van der Waals surface area contributed by atoms with Gasteiger partial charge >= 0.3 is 5.97 Å². The van der Waals surface area contributed by atoms with Crippen LogP contribution in [-0.2, 0) is 14.3 Å². The number of esters is 1. The maximum atomic E-state index is 11.4. The maximum absolute atomic E-state index is 11.4. The minimum atomic E-state index is -1.25. The Kier molecular flexibility index (Phi) is 4.16. The average molecular weight is 263 g/mol. The van der Waals surface area contributed by atoms with Crippen LogP contribution in [0, 0.1) is 0 Å². The first-order valence-corrected chi connectivity index (χ1v) is 6.27. The standard InChI is InChI=1S/C14H17NO4/c1-3-18-14(17)12(16)10-4-6-11(7-5-10)13-15-9(2)8-19-13/h4-7,9,12,16H,3,8H2,1-2H3. The molecule has 1 aromatic rings. The number of hydrogen-bond acceptors (Lipinski definition) is 5. The summed E-state index contributed by atoms with van der Waals surface area (Å²) in [5.74, 6) is -0.0389. The zero-order chi connectivity index (χ0) is 13.8. The fourth-order valence-corrected chi connectivity index (χ4v) is 1.80. The van der Waals surface area contributed by atoms with Crippen molar-refractivity contribution in [2.75, 3.05) is 13.2 Å². The fourth-order valence-electron chi connectivity index (χ4n) is 1.80. The second kappa shape index (κ2) is 5.84. The zero-order valence-corrected chi connectivity index (χ0v) is 11.0. The number of rotatable bonds is 4. The SMILES string of the molecule is CCOC(=O)C(O)c1ccc(C2=NC(C)CO2)cc1. The second-order valence-corrected chi connectivity index (χ2v) is 4.37. The first-order valence-electron chi connectivity index (χ1n) is 6.27. The third-order valence-electron chi connectivity index (χ3n) is 2.78. The van der Waals surface area contributed by atoms with E-state index in [-0.39, 0.29) is 12.6 Å². The molecule has 5 heteroatoms. The minimum Gasteiger partial charge on any atom is -0.475 e. The molecular weight excluding hydrogens is 246 g/mol. The van der Waals surface area contributed by atoms with Crippen molar-refractivity contribution in [1.29, 1.82) is 0 Å². The van der Waals surface area contributed by atoms with Crippen molar-refractivity contribution in [1.82, 2.24) is 0 Å². The Labute approximate surface area is 111 Å². The van der Waals surface area contributed by atoms with Crippen molar-refractivity contribution in [3.05, 3.63) is 35.4 Å². The lowest BCUT2D eigenvalue weighted by molar-refractivity contribution is -0.153. The van der Waals surface area contributed by atoms with Gasteiger partial charge in [0, 0.05) is 5.56 Å². The Bertz CT molecular complexity index is 481. The van der Waals surface area contributed by atoms with Crippen molar-refractivity contribution < 1.29 is 19.4 Å². The van der Waals surface area contributed by atoms with E-state index in [0.717, 1.165) is 5.56 Å². The molecule has 0 saturated carbocycles. The van der Waals surface area contributed by atoms with Crippen molar-refractivity contribution in [2.24, 2.45) is 4.99 Å². The van der Waals surface area contributed by atoms with Crippen LogP contribution in [0.25, 0.3) is 0 Å². The molecule has 102 valence electrons. The number of benzene rings is 1. The summed E-state index contributed by atoms with van der Waals surface area (Å²) >= 11 is 0. The molecule has 1 aliphatic heterocycles. The van der Waals surface area contributed by atoms with Crippen LogP contribution >= 0.6 is 0 Å². The molecule has 0 amide bonds. The molecule has 2 atom stereocenters. The molecule has 0 aromatic heterocycles. The van der Waals surface area contributed by atoms with E-state index >= 15 is 0 Å². The van der Waals surface area contributed by atoms with Gasteiger partial charge in [0.05, 0.1) is 12.6 Å². The third kappa shape index (κ3) is 3.12. The number of carbonyl (C=O) groups is 1. The van der Waals surface area contributed by atoms with Gasteiger partial charge in [-0.2, -0.15) is 0 Å². The quantitative estimate of drug-likeness (QED) is 0.835. The third-order valence-corrected chi connectivity index (χ3v) is 2.78. The average Bonchev–Trinajstić information content (AvgIpc) is 2.85. The van der Waals surface area contributed by atoms with Gasteiger partial charge in [0.15, 0.2) is 6.10 Å². The normalized spacial score (nSPS) is 19.5. The van der Waals surface area contributed by atoms with Crippen LogP contribution in [0.4, 0.5) is 0 Å². The first kappa shape index (κ1) is 13.5. The van der Waals surface area contributed by atoms with Gasteiger partial charge in [-0.3, -0.25) is 0 Å². The first-order chi connectivity index (χ1) is 9.11. The topological polar surface area (TPSA) is 68.1 Å². The van der Waals surface area contributed by atoms with Crippen LogP contribution in [0.2, 0.25) is 0 Å². The summed E-state index contributed by atoms with van der Waals surface area (Å²) in [6.07, 6.45) is -1.25. The molecule has 2 unspecified atom stereocenters. The predicted octanol–water partition coefficient (Wildman–Crippen LogP) is 1.45. The molecule has 0 spiro atoms. The monoisotopic (exact) mass is 263 g/mol. The molecule has 1 aliphatic rings. The van der Waals surface area contributed by atoms with Crippen LogP contribution in [-0.4, -0.2) is 36.2 Å². The van der Waals surface area contributed by atoms with Crippen LogP contribution in [0.1, 0.15) is 31.1 Å². The summed E-state index contributed by atoms with van der Waals surface area (Å²) in [6.45, 7) is 4.51. The summed E-state index contributed by atoms with van der Waals surface area (Å²) in [5.41, 5.74) is 1.33. The Morgan fingerprint density at radius 1 is 1.53 bits per heavy atom. The lowest BCUT2D eigenvalue weighted by Gasteiger charge is -2.10. The van der Waals surface area contributed by atoms with Gasteiger partial charge in [-0.1, -0.05) is 12.1 Å². The number of carbonyl (C=O) groups excluding carboxylic acids is 1. The van der Waals surface area contributed by atoms with E-state index in [2.05, 4.69) is 4.99 Å². The number of aliphatic imine (C=N–C) groups is 1. The summed E-state index contributed by atoms with van der Waals surface area (Å²) in [6, 6.07) is 7.06. The number of hydrogen-bond donors (Lipinski definition) is 1. The van der Waals surface area contributed by atoms with E-state index in [4.69, 9.17) is 9.47 Å². The molecule has 5 nitrogen and oxygen atoms in total. The molecule has 1 aromatic carbocycles. The van der Waals surface area contributed by atoms with E-state index < -0.39 is 12.1 Å². The Morgan fingerprint density at radius 3 is 2.74 bits per heavy atom. The lowest BCUT2D eigenvalue weighted by atomic mass is 10.1. The number of nitrogens with zero attached hydrogens (tertiary/aromatic N) is 1. The van der Waals surface area contributed by atoms with Gasteiger partial charge in [-0.25, -0.2) is 9.79 Å². The predicted molar refractivity (Wildman–Crippen MR) is 70.0 cm³/mol. The van der Waals surface area contributed by atoms with E-state index in [1.165, 1.54) is 0 Å². The summed E-state index contributed by atoms with van der Waals surface area (Å²) in [7, 11) is 0. The highest BCUT2D eigenvalue weighted by Crippen LogP contribution is 2.18. The van der Waals surface area contributed by atoms with E-state index in [9.17, 15) is 9.90 Å². The van der Waals surface area contributed by atoms with Crippen LogP contribution in [0.3, 0.4) is 0 Å². The van der Waals surface area contributed by atoms with Crippen molar-refractivity contribution in [3.8, 4) is 0 Å². The largest absolute Gasteiger partial charge is 0.475 e. The molecule has 0 radical (unpaired) electrons. The van der Waals surface area contributed by atoms with Crippen LogP contribution < -0.4 is 0 Å². The van der Waals surface area contributed by atoms with E-state index in [1.807, 2.05) is 6.92 Å². The summed E-state index contributed by atoms with van der Waals surface area (Å²) in [5, 5.41) is 9.78. The summed E-state index contributed by atoms with van der Waals surface area (Å²) in [4.78, 5) is 15.7. The molecular formula is C14H17NO4. The Hall–Kier alpha value is -1.88. The van der Waals surface area contributed by atoms with Crippen LogP contribution in [0.15, 0.2) is 29.3 Å². The molecule has 0 fully saturated rings. The van der Waals surface area contributed by atoms with Gasteiger partial charge in [-0.05, 0) is 31.5 Å². The molecule has 0 saturated heterocycles. The highest BCUT2D eigenvalue weighted by Gasteiger charge is 2.20. The van der Waals surface area contributed by atoms with Crippen molar-refractivity contribution in [2.45, 2.75) is 26.0 Å². The van der Waals surface area contributed by atoms with Crippen LogP contribution in [0.5, 0.6) is 0 Å². The highest BCUT2D eigenvalue weighted by molar-refractivity contribution is 5.95. The van der Waals surface area contributed by atoms with Crippen molar-refractivity contribution in [3.63, 3.8) is 0 Å². The Morgan fingerprint density at radius 2 is 2.21 bits per heavy atom. The number of aliphatic hydroxyl groups is 1. The molecule has 1 heterocycles. The van der Waals surface area contributed by atoms with Gasteiger partial charge in [0.25, 0.3) is 0 Å². The van der Waals surface area contributed by atoms with Gasteiger partial charge in [-0.15, -0.1) is 0 Å². The molecule has 0 aliphatic carbocycles. The number of ether oxygens (including phenoxy) is 2. The molecule has 1 N–H and O–H groups in total. The summed E-state index contributed by atoms with van der Waals surface area (Å²) < 4.78 is 10.2. The Balaban J connectivity index is 2.10. The van der Waals surface area contributed by atoms with Gasteiger partial charge in [0.2, 0.25) is 5.90 Å². The second-order valence-electron chi connectivity index (χ2n) is 4.37. The minimum absolute atomic E-state index is 0.166. The van der Waals surface area contributed by atoms with Gasteiger partial charge in [0.1, 0.15) is 6.61 Å². The van der Waals surface area contributed by atoms with E-state index in [0.29, 0.717) is 18.1 Å². The highest BCUT2D eigenvalue weighted by atomic mass is 16.5. The smallest absolute Gasteiger partial charge is 0.339 e. The fraction of sp³-hybridized carbons (Fsp3) is 0.429. The molecule has 0 bridgehead atoms. The van der Waals surface area contributed by atoms with Gasteiger partial charge < -0.3 is 14.6 Å². The van der Waals surface area contributed by atoms with E-state index in [1.54, 1.807) is 31.2 Å². The molecule has 2 rings (SSSR count). The lowest BCUT2D eigenvalue weighted by Crippen LogP contribution is -2.15.